The highest BCUT2D eigenvalue weighted by Crippen LogP contribution is 2.17. The number of fused-ring (bicyclic) bond motifs is 1. The van der Waals surface area contributed by atoms with Crippen LogP contribution in [0.3, 0.4) is 0 Å². The molecule has 9 heteroatoms. The highest BCUT2D eigenvalue weighted by atomic mass is 16.5. The fourth-order valence-corrected chi connectivity index (χ4v) is 3.88. The van der Waals surface area contributed by atoms with Crippen molar-refractivity contribution in [2.75, 3.05) is 6.61 Å². The predicted molar refractivity (Wildman–Crippen MR) is 119 cm³/mol. The van der Waals surface area contributed by atoms with Crippen molar-refractivity contribution >= 4 is 28.7 Å². The summed E-state index contributed by atoms with van der Waals surface area (Å²) in [6.07, 6.45) is 7.73. The van der Waals surface area contributed by atoms with E-state index >= 15 is 0 Å². The number of rotatable bonds is 8. The number of carbonyl (C=O) groups is 3. The van der Waals surface area contributed by atoms with E-state index in [0.29, 0.717) is 17.3 Å². The Labute approximate surface area is 186 Å². The van der Waals surface area contributed by atoms with Gasteiger partial charge in [-0.1, -0.05) is 57.2 Å². The number of aromatic nitrogens is 2. The molecule has 0 saturated heterocycles. The van der Waals surface area contributed by atoms with Crippen molar-refractivity contribution in [1.82, 2.24) is 20.4 Å². The first-order valence-electron chi connectivity index (χ1n) is 11.3. The van der Waals surface area contributed by atoms with Crippen molar-refractivity contribution in [1.29, 1.82) is 0 Å². The summed E-state index contributed by atoms with van der Waals surface area (Å²) in [5.41, 5.74) is -0.304. The summed E-state index contributed by atoms with van der Waals surface area (Å²) >= 11 is 0. The first-order valence-corrected chi connectivity index (χ1v) is 11.3. The molecule has 2 N–H and O–H groups in total. The van der Waals surface area contributed by atoms with Gasteiger partial charge in [-0.2, -0.15) is 5.10 Å². The lowest BCUT2D eigenvalue weighted by Gasteiger charge is -2.22. The molecule has 0 spiro atoms. The number of amides is 3. The number of esters is 1. The van der Waals surface area contributed by atoms with Crippen LogP contribution in [0.1, 0.15) is 68.8 Å². The largest absolute Gasteiger partial charge is 0.451 e. The fourth-order valence-electron chi connectivity index (χ4n) is 3.88. The molecule has 172 valence electrons. The standard InChI is InChI=1S/C23H30N4O5/c1-2-3-9-14-27-21(29)18-13-8-7-12-17(18)20(26-27)22(30)32-15-19(28)25-23(31)24-16-10-5-4-6-11-16/h7-8,12-13,16H,2-6,9-11,14-15H2,1H3,(H2,24,25,28,31). The Balaban J connectivity index is 1.64. The number of unbranched alkanes of at least 4 members (excludes halogenated alkanes) is 2. The quantitative estimate of drug-likeness (QED) is 0.479. The van der Waals surface area contributed by atoms with Crippen molar-refractivity contribution in [3.05, 3.63) is 40.3 Å². The van der Waals surface area contributed by atoms with Gasteiger partial charge in [0.05, 0.1) is 5.39 Å². The van der Waals surface area contributed by atoms with Gasteiger partial charge in [0.25, 0.3) is 11.5 Å². The normalized spacial score (nSPS) is 14.2. The number of hydrogen-bond acceptors (Lipinski definition) is 6. The maximum Gasteiger partial charge on any atom is 0.359 e. The van der Waals surface area contributed by atoms with E-state index in [1.165, 1.54) is 4.68 Å². The third-order valence-corrected chi connectivity index (χ3v) is 5.56. The number of hydrogen-bond donors (Lipinski definition) is 2. The molecular formula is C23H30N4O5. The summed E-state index contributed by atoms with van der Waals surface area (Å²) in [6.45, 7) is 1.82. The van der Waals surface area contributed by atoms with Crippen molar-refractivity contribution < 1.29 is 19.1 Å². The van der Waals surface area contributed by atoms with Crippen molar-refractivity contribution in [3.63, 3.8) is 0 Å². The summed E-state index contributed by atoms with van der Waals surface area (Å²) in [5, 5.41) is 9.89. The second kappa shape index (κ2) is 11.4. The highest BCUT2D eigenvalue weighted by molar-refractivity contribution is 6.03. The molecule has 1 fully saturated rings. The van der Waals surface area contributed by atoms with Crippen LogP contribution in [0.15, 0.2) is 29.1 Å². The van der Waals surface area contributed by atoms with Gasteiger partial charge in [0, 0.05) is 18.0 Å². The molecule has 0 unspecified atom stereocenters. The second-order valence-electron chi connectivity index (χ2n) is 8.06. The maximum atomic E-state index is 12.7. The average molecular weight is 443 g/mol. The van der Waals surface area contributed by atoms with Crippen LogP contribution in [0.25, 0.3) is 10.8 Å². The minimum absolute atomic E-state index is 0.0313. The number of benzene rings is 1. The zero-order valence-electron chi connectivity index (χ0n) is 18.4. The minimum Gasteiger partial charge on any atom is -0.451 e. The molecule has 1 aromatic heterocycles. The smallest absolute Gasteiger partial charge is 0.359 e. The van der Waals surface area contributed by atoms with E-state index in [0.717, 1.165) is 51.4 Å². The van der Waals surface area contributed by atoms with Gasteiger partial charge in [-0.25, -0.2) is 14.3 Å². The first kappa shape index (κ1) is 23.4. The van der Waals surface area contributed by atoms with Crippen molar-refractivity contribution in [3.8, 4) is 0 Å². The summed E-state index contributed by atoms with van der Waals surface area (Å²) < 4.78 is 6.37. The summed E-state index contributed by atoms with van der Waals surface area (Å²) in [7, 11) is 0. The number of imide groups is 1. The van der Waals surface area contributed by atoms with E-state index in [1.54, 1.807) is 24.3 Å². The van der Waals surface area contributed by atoms with Crippen LogP contribution < -0.4 is 16.2 Å². The van der Waals surface area contributed by atoms with E-state index in [9.17, 15) is 19.2 Å². The Morgan fingerprint density at radius 2 is 1.81 bits per heavy atom. The Bertz CT molecular complexity index is 1030. The van der Waals surface area contributed by atoms with E-state index in [4.69, 9.17) is 4.74 Å². The predicted octanol–water partition coefficient (Wildman–Crippen LogP) is 2.90. The van der Waals surface area contributed by atoms with Crippen LogP contribution in [0.2, 0.25) is 0 Å². The molecule has 32 heavy (non-hydrogen) atoms. The molecule has 1 aliphatic carbocycles. The summed E-state index contributed by atoms with van der Waals surface area (Å²) in [4.78, 5) is 49.4. The zero-order chi connectivity index (χ0) is 22.9. The van der Waals surface area contributed by atoms with E-state index in [-0.39, 0.29) is 17.3 Å². The molecule has 3 rings (SSSR count). The van der Waals surface area contributed by atoms with Crippen molar-refractivity contribution in [2.24, 2.45) is 0 Å². The number of ether oxygens (including phenoxy) is 1. The summed E-state index contributed by atoms with van der Waals surface area (Å²) in [5.74, 6) is -1.56. The second-order valence-corrected chi connectivity index (χ2v) is 8.06. The Hall–Kier alpha value is -3.23. The van der Waals surface area contributed by atoms with Gasteiger partial charge >= 0.3 is 12.0 Å². The molecule has 0 aliphatic heterocycles. The van der Waals surface area contributed by atoms with Crippen LogP contribution in [0.4, 0.5) is 4.79 Å². The van der Waals surface area contributed by atoms with Crippen molar-refractivity contribution in [2.45, 2.75) is 70.9 Å². The van der Waals surface area contributed by atoms with Crippen LogP contribution in [0.5, 0.6) is 0 Å². The number of nitrogens with zero attached hydrogens (tertiary/aromatic N) is 2. The molecule has 9 nitrogen and oxygen atoms in total. The average Bonchev–Trinajstić information content (AvgIpc) is 2.79. The van der Waals surface area contributed by atoms with E-state index in [1.807, 2.05) is 0 Å². The number of nitrogens with one attached hydrogen (secondary N) is 2. The number of urea groups is 1. The van der Waals surface area contributed by atoms with Crippen LogP contribution >= 0.6 is 0 Å². The molecule has 2 aromatic rings. The first-order chi connectivity index (χ1) is 15.5. The molecule has 1 saturated carbocycles. The van der Waals surface area contributed by atoms with Gasteiger partial charge in [-0.15, -0.1) is 0 Å². The number of carbonyl (C=O) groups excluding carboxylic acids is 3. The van der Waals surface area contributed by atoms with Crippen LogP contribution in [-0.4, -0.2) is 40.3 Å². The van der Waals surface area contributed by atoms with Gasteiger partial charge in [-0.05, 0) is 25.3 Å². The third kappa shape index (κ3) is 6.15. The van der Waals surface area contributed by atoms with Crippen LogP contribution in [0, 0.1) is 0 Å². The van der Waals surface area contributed by atoms with Gasteiger partial charge in [0.2, 0.25) is 0 Å². The molecule has 0 atom stereocenters. The Kier molecular flexibility index (Phi) is 8.35. The number of aryl methyl sites for hydroxylation is 1. The molecule has 1 heterocycles. The van der Waals surface area contributed by atoms with Gasteiger partial charge < -0.3 is 10.1 Å². The monoisotopic (exact) mass is 442 g/mol. The molecule has 1 aliphatic rings. The SMILES string of the molecule is CCCCCn1nc(C(=O)OCC(=O)NC(=O)NC2CCCCC2)c2ccccc2c1=O. The third-order valence-electron chi connectivity index (χ3n) is 5.56. The molecule has 3 amide bonds. The maximum absolute atomic E-state index is 12.7. The Morgan fingerprint density at radius 1 is 1.09 bits per heavy atom. The lowest BCUT2D eigenvalue weighted by atomic mass is 9.96. The fraction of sp³-hybridized carbons (Fsp3) is 0.522. The molecule has 0 radical (unpaired) electrons. The topological polar surface area (TPSA) is 119 Å². The van der Waals surface area contributed by atoms with Gasteiger partial charge in [0.15, 0.2) is 12.3 Å². The van der Waals surface area contributed by atoms with E-state index in [2.05, 4.69) is 22.7 Å². The zero-order valence-corrected chi connectivity index (χ0v) is 18.4. The summed E-state index contributed by atoms with van der Waals surface area (Å²) in [6, 6.07) is 6.13. The lowest BCUT2D eigenvalue weighted by Crippen LogP contribution is -2.46. The highest BCUT2D eigenvalue weighted by Gasteiger charge is 2.20. The minimum atomic E-state index is -0.826. The van der Waals surface area contributed by atoms with E-state index < -0.39 is 24.5 Å². The molecule has 0 bridgehead atoms. The Morgan fingerprint density at radius 3 is 2.53 bits per heavy atom. The van der Waals surface area contributed by atoms with Crippen LogP contribution in [-0.2, 0) is 16.1 Å². The molecule has 1 aromatic carbocycles. The molecular weight excluding hydrogens is 412 g/mol. The van der Waals surface area contributed by atoms with Gasteiger partial charge in [-0.3, -0.25) is 14.9 Å². The van der Waals surface area contributed by atoms with Gasteiger partial charge in [0.1, 0.15) is 0 Å². The lowest BCUT2D eigenvalue weighted by molar-refractivity contribution is -0.123.